The Morgan fingerprint density at radius 2 is 1.88 bits per heavy atom. The van der Waals surface area contributed by atoms with Crippen molar-refractivity contribution in [2.75, 3.05) is 20.1 Å². The average molecular weight is 375 g/mol. The minimum absolute atomic E-state index is 0.0105. The molecular formula is C20H20ClFN2O2. The molecule has 0 saturated carbocycles. The van der Waals surface area contributed by atoms with E-state index in [9.17, 15) is 14.0 Å². The van der Waals surface area contributed by atoms with E-state index >= 15 is 0 Å². The molecule has 2 heterocycles. The predicted molar refractivity (Wildman–Crippen MR) is 98.2 cm³/mol. The molecule has 136 valence electrons. The van der Waals surface area contributed by atoms with Gasteiger partial charge in [0.15, 0.2) is 11.6 Å². The lowest BCUT2D eigenvalue weighted by Crippen LogP contribution is -2.33. The van der Waals surface area contributed by atoms with Crippen molar-refractivity contribution in [2.45, 2.75) is 19.3 Å². The summed E-state index contributed by atoms with van der Waals surface area (Å²) in [5, 5.41) is 0.0774. The molecule has 1 aromatic carbocycles. The normalized spacial score (nSPS) is 15.8. The lowest BCUT2D eigenvalue weighted by atomic mass is 9.91. The number of benzene rings is 1. The van der Waals surface area contributed by atoms with Crippen LogP contribution in [0.25, 0.3) is 0 Å². The third-order valence-electron chi connectivity index (χ3n) is 4.73. The van der Waals surface area contributed by atoms with Crippen LogP contribution in [0.3, 0.4) is 0 Å². The molecule has 0 N–H and O–H groups in total. The van der Waals surface area contributed by atoms with Gasteiger partial charge < -0.3 is 4.90 Å². The molecule has 3 rings (SSSR count). The van der Waals surface area contributed by atoms with Gasteiger partial charge in [0.1, 0.15) is 11.5 Å². The molecule has 0 amide bonds. The quantitative estimate of drug-likeness (QED) is 0.746. The highest BCUT2D eigenvalue weighted by Gasteiger charge is 2.25. The van der Waals surface area contributed by atoms with Crippen LogP contribution in [0, 0.1) is 11.7 Å². The molecule has 0 spiro atoms. The van der Waals surface area contributed by atoms with Crippen LogP contribution in [0.4, 0.5) is 4.39 Å². The Kier molecular flexibility index (Phi) is 5.79. The van der Waals surface area contributed by atoms with Crippen LogP contribution < -0.4 is 0 Å². The number of nitrogens with zero attached hydrogens (tertiary/aromatic N) is 2. The van der Waals surface area contributed by atoms with E-state index in [-0.39, 0.29) is 28.7 Å². The molecule has 0 bridgehead atoms. The van der Waals surface area contributed by atoms with Gasteiger partial charge in [-0.2, -0.15) is 0 Å². The van der Waals surface area contributed by atoms with E-state index in [0.29, 0.717) is 11.4 Å². The standard InChI is InChI=1S/C20H20ClFN2O2/c1-24-10-8-13(9-11-24)20(26)17-7-2-4-14(23-17)12-18(25)19-15(21)5-3-6-16(19)22/h2-7,13H,8-12H2,1H3. The smallest absolute Gasteiger partial charge is 0.184 e. The summed E-state index contributed by atoms with van der Waals surface area (Å²) in [7, 11) is 2.04. The van der Waals surface area contributed by atoms with E-state index in [0.717, 1.165) is 25.9 Å². The number of rotatable bonds is 5. The van der Waals surface area contributed by atoms with Crippen molar-refractivity contribution in [1.82, 2.24) is 9.88 Å². The zero-order valence-corrected chi connectivity index (χ0v) is 15.3. The van der Waals surface area contributed by atoms with Gasteiger partial charge in [0, 0.05) is 11.6 Å². The topological polar surface area (TPSA) is 50.3 Å². The van der Waals surface area contributed by atoms with Crippen LogP contribution in [0.1, 0.15) is 39.4 Å². The molecule has 1 aliphatic heterocycles. The average Bonchev–Trinajstić information content (AvgIpc) is 2.62. The van der Waals surface area contributed by atoms with Gasteiger partial charge in [0.05, 0.1) is 17.0 Å². The van der Waals surface area contributed by atoms with Gasteiger partial charge in [-0.05, 0) is 57.2 Å². The Balaban J connectivity index is 1.75. The Morgan fingerprint density at radius 1 is 1.19 bits per heavy atom. The molecule has 0 atom stereocenters. The second-order valence-corrected chi connectivity index (χ2v) is 7.06. The largest absolute Gasteiger partial charge is 0.306 e. The van der Waals surface area contributed by atoms with E-state index in [4.69, 9.17) is 11.6 Å². The fraction of sp³-hybridized carbons (Fsp3) is 0.350. The van der Waals surface area contributed by atoms with Gasteiger partial charge >= 0.3 is 0 Å². The predicted octanol–water partition coefficient (Wildman–Crippen LogP) is 3.82. The fourth-order valence-electron chi connectivity index (χ4n) is 3.21. The summed E-state index contributed by atoms with van der Waals surface area (Å²) < 4.78 is 13.9. The van der Waals surface area contributed by atoms with E-state index in [2.05, 4.69) is 9.88 Å². The summed E-state index contributed by atoms with van der Waals surface area (Å²) in [5.41, 5.74) is 0.667. The maximum Gasteiger partial charge on any atom is 0.184 e. The van der Waals surface area contributed by atoms with Crippen LogP contribution in [-0.2, 0) is 6.42 Å². The van der Waals surface area contributed by atoms with E-state index in [1.165, 1.54) is 18.2 Å². The van der Waals surface area contributed by atoms with Crippen molar-refractivity contribution in [3.8, 4) is 0 Å². The highest BCUT2D eigenvalue weighted by molar-refractivity contribution is 6.34. The summed E-state index contributed by atoms with van der Waals surface area (Å²) in [6, 6.07) is 9.18. The van der Waals surface area contributed by atoms with Gasteiger partial charge in [-0.15, -0.1) is 0 Å². The first-order chi connectivity index (χ1) is 12.5. The molecule has 0 unspecified atom stereocenters. The number of Topliss-reactive ketones (excluding diaryl/α,β-unsaturated/α-hetero) is 2. The number of carbonyl (C=O) groups excluding carboxylic acids is 2. The minimum Gasteiger partial charge on any atom is -0.306 e. The van der Waals surface area contributed by atoms with E-state index < -0.39 is 11.6 Å². The summed E-state index contributed by atoms with van der Waals surface area (Å²) >= 11 is 5.95. The number of likely N-dealkylation sites (tertiary alicyclic amines) is 1. The highest BCUT2D eigenvalue weighted by atomic mass is 35.5. The Labute approximate surface area is 157 Å². The number of halogens is 2. The first-order valence-corrected chi connectivity index (χ1v) is 8.99. The van der Waals surface area contributed by atoms with Gasteiger partial charge in [-0.3, -0.25) is 9.59 Å². The number of hydrogen-bond acceptors (Lipinski definition) is 4. The second-order valence-electron chi connectivity index (χ2n) is 6.65. The van der Waals surface area contributed by atoms with Crippen LogP contribution in [0.2, 0.25) is 5.02 Å². The van der Waals surface area contributed by atoms with Crippen LogP contribution in [0.5, 0.6) is 0 Å². The molecule has 1 aliphatic rings. The Morgan fingerprint density at radius 3 is 2.58 bits per heavy atom. The number of carbonyl (C=O) groups is 2. The van der Waals surface area contributed by atoms with Gasteiger partial charge in [0.25, 0.3) is 0 Å². The third-order valence-corrected chi connectivity index (χ3v) is 5.05. The lowest BCUT2D eigenvalue weighted by Gasteiger charge is -2.27. The molecule has 26 heavy (non-hydrogen) atoms. The molecule has 2 aromatic rings. The first kappa shape index (κ1) is 18.7. The van der Waals surface area contributed by atoms with Gasteiger partial charge in [-0.25, -0.2) is 9.37 Å². The van der Waals surface area contributed by atoms with Crippen LogP contribution in [0.15, 0.2) is 36.4 Å². The molecule has 4 nitrogen and oxygen atoms in total. The third kappa shape index (κ3) is 4.17. The van der Waals surface area contributed by atoms with Gasteiger partial charge in [0.2, 0.25) is 0 Å². The maximum atomic E-state index is 13.9. The number of ketones is 2. The molecule has 1 fully saturated rings. The molecule has 6 heteroatoms. The number of aromatic nitrogens is 1. The number of hydrogen-bond donors (Lipinski definition) is 0. The van der Waals surface area contributed by atoms with Crippen molar-refractivity contribution in [3.05, 3.63) is 64.2 Å². The van der Waals surface area contributed by atoms with Crippen LogP contribution >= 0.6 is 11.6 Å². The number of pyridine rings is 1. The maximum absolute atomic E-state index is 13.9. The molecule has 1 aromatic heterocycles. The van der Waals surface area contributed by atoms with Crippen LogP contribution in [-0.4, -0.2) is 41.6 Å². The monoisotopic (exact) mass is 374 g/mol. The summed E-state index contributed by atoms with van der Waals surface area (Å²) in [5.74, 6) is -1.13. The zero-order valence-electron chi connectivity index (χ0n) is 14.5. The summed E-state index contributed by atoms with van der Waals surface area (Å²) in [6.07, 6.45) is 1.52. The van der Waals surface area contributed by atoms with E-state index in [1.807, 2.05) is 7.05 Å². The lowest BCUT2D eigenvalue weighted by molar-refractivity contribution is 0.0850. The molecule has 0 radical (unpaired) electrons. The van der Waals surface area contributed by atoms with Gasteiger partial charge in [-0.1, -0.05) is 23.7 Å². The van der Waals surface area contributed by atoms with Crippen molar-refractivity contribution in [2.24, 2.45) is 5.92 Å². The fourth-order valence-corrected chi connectivity index (χ4v) is 3.48. The molecule has 1 saturated heterocycles. The Bertz CT molecular complexity index is 812. The van der Waals surface area contributed by atoms with Crippen molar-refractivity contribution in [1.29, 1.82) is 0 Å². The minimum atomic E-state index is -0.652. The number of piperidine rings is 1. The van der Waals surface area contributed by atoms with E-state index in [1.54, 1.807) is 18.2 Å². The first-order valence-electron chi connectivity index (χ1n) is 8.61. The summed E-state index contributed by atoms with van der Waals surface area (Å²) in [4.78, 5) is 31.6. The molecular weight excluding hydrogens is 355 g/mol. The SMILES string of the molecule is CN1CCC(C(=O)c2cccc(CC(=O)c3c(F)cccc3Cl)n2)CC1. The Hall–Kier alpha value is -2.11. The molecule has 0 aliphatic carbocycles. The summed E-state index contributed by atoms with van der Waals surface area (Å²) in [6.45, 7) is 1.78. The second kappa shape index (κ2) is 8.06. The van der Waals surface area contributed by atoms with Crippen molar-refractivity contribution < 1.29 is 14.0 Å². The highest BCUT2D eigenvalue weighted by Crippen LogP contribution is 2.22. The van der Waals surface area contributed by atoms with Crippen molar-refractivity contribution in [3.63, 3.8) is 0 Å². The zero-order chi connectivity index (χ0) is 18.7. The van der Waals surface area contributed by atoms with Crippen molar-refractivity contribution >= 4 is 23.2 Å².